The quantitative estimate of drug-likeness (QED) is 0.448. The van der Waals surface area contributed by atoms with Crippen LogP contribution in [0.15, 0.2) is 48.8 Å². The van der Waals surface area contributed by atoms with E-state index in [0.717, 1.165) is 33.8 Å². The largest absolute Gasteiger partial charge is 0.396 e. The van der Waals surface area contributed by atoms with Gasteiger partial charge in [0, 0.05) is 47.8 Å². The van der Waals surface area contributed by atoms with Crippen LogP contribution in [0.1, 0.15) is 28.5 Å². The molecule has 2 aromatic carbocycles. The maximum Gasteiger partial charge on any atom is 0.235 e. The Kier molecular flexibility index (Phi) is 3.86. The first-order valence-electron chi connectivity index (χ1n) is 10.4. The average molecular weight is 417 g/mol. The van der Waals surface area contributed by atoms with Gasteiger partial charge in [-0.3, -0.25) is 14.9 Å². The highest BCUT2D eigenvalue weighted by molar-refractivity contribution is 6.13. The van der Waals surface area contributed by atoms with Crippen molar-refractivity contribution in [2.75, 3.05) is 6.61 Å². The van der Waals surface area contributed by atoms with Crippen LogP contribution < -0.4 is 5.32 Å². The Morgan fingerprint density at radius 3 is 2.68 bits per heavy atom. The number of hydrogen-bond donors (Lipinski definition) is 3. The number of amides is 2. The monoisotopic (exact) mass is 417 g/mol. The van der Waals surface area contributed by atoms with Gasteiger partial charge in [0.2, 0.25) is 11.8 Å². The van der Waals surface area contributed by atoms with E-state index in [4.69, 9.17) is 0 Å². The van der Waals surface area contributed by atoms with Crippen LogP contribution in [-0.2, 0) is 22.6 Å². The third-order valence-electron chi connectivity index (χ3n) is 6.72. The molecule has 0 spiro atoms. The highest BCUT2D eigenvalue weighted by Crippen LogP contribution is 2.44. The van der Waals surface area contributed by atoms with Crippen LogP contribution in [0.4, 0.5) is 4.39 Å². The molecule has 0 aliphatic carbocycles. The van der Waals surface area contributed by atoms with Gasteiger partial charge >= 0.3 is 0 Å². The number of halogens is 1. The molecule has 2 aliphatic heterocycles. The Hall–Kier alpha value is -3.45. The number of benzene rings is 2. The predicted molar refractivity (Wildman–Crippen MR) is 113 cm³/mol. The van der Waals surface area contributed by atoms with Gasteiger partial charge in [-0.1, -0.05) is 18.2 Å². The molecule has 6 rings (SSSR count). The molecule has 4 aromatic rings. The van der Waals surface area contributed by atoms with Gasteiger partial charge in [0.15, 0.2) is 0 Å². The molecule has 2 aliphatic rings. The van der Waals surface area contributed by atoms with Crippen molar-refractivity contribution in [3.63, 3.8) is 0 Å². The highest BCUT2D eigenvalue weighted by Gasteiger charge is 2.46. The first kappa shape index (κ1) is 18.3. The third kappa shape index (κ3) is 2.59. The molecule has 3 N–H and O–H groups in total. The van der Waals surface area contributed by atoms with E-state index in [-0.39, 0.29) is 30.2 Å². The summed E-state index contributed by atoms with van der Waals surface area (Å²) in [5, 5.41) is 13.9. The summed E-state index contributed by atoms with van der Waals surface area (Å²) >= 11 is 0. The summed E-state index contributed by atoms with van der Waals surface area (Å²) in [7, 11) is 0. The number of hydrogen-bond acceptors (Lipinski definition) is 3. The van der Waals surface area contributed by atoms with Crippen LogP contribution in [0.5, 0.6) is 0 Å². The molecule has 7 heteroatoms. The summed E-state index contributed by atoms with van der Waals surface area (Å²) < 4.78 is 15.7. The molecule has 0 radical (unpaired) electrons. The Labute approximate surface area is 176 Å². The van der Waals surface area contributed by atoms with Crippen LogP contribution in [0.25, 0.3) is 21.8 Å². The molecule has 3 atom stereocenters. The van der Waals surface area contributed by atoms with Gasteiger partial charge in [0.25, 0.3) is 0 Å². The van der Waals surface area contributed by atoms with E-state index >= 15 is 0 Å². The number of aliphatic hydroxyl groups excluding tert-OH is 1. The van der Waals surface area contributed by atoms with Gasteiger partial charge in [0.05, 0.1) is 17.4 Å². The normalized spacial score (nSPS) is 23.1. The van der Waals surface area contributed by atoms with Crippen molar-refractivity contribution in [3.8, 4) is 0 Å². The SMILES string of the molecule is O=C1NC(=O)C(c2cn3c4c(cccc24)CC(CO)C3)C1c1c[nH]c2cc(F)ccc12. The topological polar surface area (TPSA) is 87.1 Å². The van der Waals surface area contributed by atoms with Crippen molar-refractivity contribution in [1.82, 2.24) is 14.9 Å². The van der Waals surface area contributed by atoms with Gasteiger partial charge in [-0.05, 0) is 41.3 Å². The Morgan fingerprint density at radius 1 is 1.06 bits per heavy atom. The van der Waals surface area contributed by atoms with Crippen LogP contribution in [-0.4, -0.2) is 33.1 Å². The van der Waals surface area contributed by atoms with Crippen molar-refractivity contribution in [1.29, 1.82) is 0 Å². The van der Waals surface area contributed by atoms with E-state index < -0.39 is 11.8 Å². The third-order valence-corrected chi connectivity index (χ3v) is 6.72. The molecule has 31 heavy (non-hydrogen) atoms. The first-order valence-corrected chi connectivity index (χ1v) is 10.4. The molecule has 4 heterocycles. The van der Waals surface area contributed by atoms with Gasteiger partial charge in [0.1, 0.15) is 5.82 Å². The zero-order valence-corrected chi connectivity index (χ0v) is 16.6. The van der Waals surface area contributed by atoms with Gasteiger partial charge in [-0.25, -0.2) is 4.39 Å². The van der Waals surface area contributed by atoms with Crippen LogP contribution in [0.2, 0.25) is 0 Å². The lowest BCUT2D eigenvalue weighted by molar-refractivity contribution is -0.125. The summed E-state index contributed by atoms with van der Waals surface area (Å²) in [6, 6.07) is 10.4. The number of fused-ring (bicyclic) bond motifs is 1. The summed E-state index contributed by atoms with van der Waals surface area (Å²) in [5.74, 6) is -2.30. The van der Waals surface area contributed by atoms with Crippen molar-refractivity contribution >= 4 is 33.6 Å². The van der Waals surface area contributed by atoms with Gasteiger partial charge in [-0.15, -0.1) is 0 Å². The number of aromatic nitrogens is 2. The maximum absolute atomic E-state index is 13.7. The number of para-hydroxylation sites is 1. The Morgan fingerprint density at radius 2 is 1.87 bits per heavy atom. The lowest BCUT2D eigenvalue weighted by Gasteiger charge is -2.22. The van der Waals surface area contributed by atoms with Crippen LogP contribution in [0, 0.1) is 11.7 Å². The van der Waals surface area contributed by atoms with Crippen molar-refractivity contribution in [3.05, 3.63) is 71.3 Å². The van der Waals surface area contributed by atoms with E-state index in [2.05, 4.69) is 20.9 Å². The van der Waals surface area contributed by atoms with E-state index in [9.17, 15) is 19.1 Å². The predicted octanol–water partition coefficient (Wildman–Crippen LogP) is 2.95. The van der Waals surface area contributed by atoms with E-state index in [1.165, 1.54) is 12.1 Å². The number of aromatic amines is 1. The average Bonchev–Trinajstić information content (AvgIpc) is 3.41. The number of nitrogens with one attached hydrogen (secondary N) is 2. The number of carbonyl (C=O) groups is 2. The van der Waals surface area contributed by atoms with Crippen LogP contribution in [0.3, 0.4) is 0 Å². The fraction of sp³-hybridized carbons (Fsp3) is 0.250. The standard InChI is InChI=1S/C24H20FN3O3/c25-14-4-5-15-17(8-26-19(15)7-14)20-21(24(31)27-23(20)30)18-10-28-9-12(11-29)6-13-2-1-3-16(18)22(13)28/h1-5,7-8,10,12,20-21,26,29H,6,9,11H2,(H,27,30,31). The van der Waals surface area contributed by atoms with E-state index in [1.807, 2.05) is 18.3 Å². The van der Waals surface area contributed by atoms with E-state index in [0.29, 0.717) is 17.6 Å². The van der Waals surface area contributed by atoms with Gasteiger partial charge < -0.3 is 14.7 Å². The summed E-state index contributed by atoms with van der Waals surface area (Å²) in [4.78, 5) is 28.9. The Balaban J connectivity index is 1.54. The van der Waals surface area contributed by atoms with Crippen molar-refractivity contribution < 1.29 is 19.1 Å². The number of imide groups is 1. The van der Waals surface area contributed by atoms with Gasteiger partial charge in [-0.2, -0.15) is 0 Å². The number of aliphatic hydroxyl groups is 1. The van der Waals surface area contributed by atoms with Crippen molar-refractivity contribution in [2.45, 2.75) is 24.8 Å². The van der Waals surface area contributed by atoms with E-state index in [1.54, 1.807) is 12.3 Å². The zero-order valence-electron chi connectivity index (χ0n) is 16.6. The smallest absolute Gasteiger partial charge is 0.235 e. The van der Waals surface area contributed by atoms with Crippen molar-refractivity contribution in [2.24, 2.45) is 5.92 Å². The number of H-pyrrole nitrogens is 1. The minimum atomic E-state index is -0.705. The lowest BCUT2D eigenvalue weighted by atomic mass is 9.82. The zero-order chi connectivity index (χ0) is 21.3. The molecule has 0 bridgehead atoms. The number of carbonyl (C=O) groups excluding carboxylic acids is 2. The molecular weight excluding hydrogens is 397 g/mol. The number of rotatable bonds is 3. The second-order valence-corrected chi connectivity index (χ2v) is 8.55. The summed E-state index contributed by atoms with van der Waals surface area (Å²) in [6.07, 6.45) is 4.44. The molecule has 1 saturated heterocycles. The fourth-order valence-electron chi connectivity index (χ4n) is 5.40. The molecule has 2 aromatic heterocycles. The molecule has 156 valence electrons. The molecule has 3 unspecified atom stereocenters. The summed E-state index contributed by atoms with van der Waals surface area (Å²) in [6.45, 7) is 0.767. The number of nitrogens with zero attached hydrogens (tertiary/aromatic N) is 1. The molecule has 6 nitrogen and oxygen atoms in total. The molecule has 1 fully saturated rings. The minimum absolute atomic E-state index is 0.0975. The maximum atomic E-state index is 13.7. The second-order valence-electron chi connectivity index (χ2n) is 8.55. The lowest BCUT2D eigenvalue weighted by Crippen LogP contribution is -2.22. The molecule has 0 saturated carbocycles. The summed E-state index contributed by atoms with van der Waals surface area (Å²) in [5.41, 5.74) is 4.28. The second kappa shape index (κ2) is 6.52. The molecule has 2 amide bonds. The minimum Gasteiger partial charge on any atom is -0.396 e. The highest BCUT2D eigenvalue weighted by atomic mass is 19.1. The fourth-order valence-corrected chi connectivity index (χ4v) is 5.40. The molecular formula is C24H20FN3O3. The van der Waals surface area contributed by atoms with Crippen LogP contribution >= 0.6 is 0 Å². The first-order chi connectivity index (χ1) is 15.0. The Bertz CT molecular complexity index is 1390.